The maximum atomic E-state index is 10.6. The molecule has 0 unspecified atom stereocenters. The fourth-order valence-electron chi connectivity index (χ4n) is 2.11. The summed E-state index contributed by atoms with van der Waals surface area (Å²) in [6, 6.07) is 7.17. The summed E-state index contributed by atoms with van der Waals surface area (Å²) in [6.07, 6.45) is -0.939. The highest BCUT2D eigenvalue weighted by Gasteiger charge is 2.21. The van der Waals surface area contributed by atoms with Gasteiger partial charge in [-0.1, -0.05) is 0 Å². The van der Waals surface area contributed by atoms with Crippen LogP contribution < -0.4 is 5.32 Å². The summed E-state index contributed by atoms with van der Waals surface area (Å²) in [5.74, 6) is 0. The Hall–Kier alpha value is -1.80. The van der Waals surface area contributed by atoms with Crippen LogP contribution in [0, 0.1) is 17.0 Å². The zero-order valence-electron chi connectivity index (χ0n) is 12.1. The van der Waals surface area contributed by atoms with E-state index in [0.717, 1.165) is 4.88 Å². The van der Waals surface area contributed by atoms with Crippen LogP contribution in [-0.2, 0) is 6.54 Å². The monoisotopic (exact) mass is 322 g/mol. The van der Waals surface area contributed by atoms with Crippen LogP contribution in [0.4, 0.5) is 5.69 Å². The molecule has 118 valence electrons. The summed E-state index contributed by atoms with van der Waals surface area (Å²) in [5, 5.41) is 35.5. The van der Waals surface area contributed by atoms with Gasteiger partial charge in [-0.3, -0.25) is 10.1 Å². The Morgan fingerprint density at radius 3 is 2.50 bits per heavy atom. The van der Waals surface area contributed by atoms with E-state index in [9.17, 15) is 20.3 Å². The number of aliphatic hydroxyl groups is 2. The molecule has 1 heterocycles. The van der Waals surface area contributed by atoms with Crippen molar-refractivity contribution in [1.82, 2.24) is 5.32 Å². The third kappa shape index (κ3) is 3.89. The minimum atomic E-state index is -0.939. The van der Waals surface area contributed by atoms with Gasteiger partial charge in [0.25, 0.3) is 5.69 Å². The lowest BCUT2D eigenvalue weighted by atomic mass is 10.0. The molecule has 2 atom stereocenters. The first-order chi connectivity index (χ1) is 10.5. The Morgan fingerprint density at radius 2 is 2.00 bits per heavy atom. The highest BCUT2D eigenvalue weighted by molar-refractivity contribution is 7.10. The minimum Gasteiger partial charge on any atom is -0.395 e. The quantitative estimate of drug-likeness (QED) is 0.536. The lowest BCUT2D eigenvalue weighted by Crippen LogP contribution is -2.37. The van der Waals surface area contributed by atoms with Crippen LogP contribution in [0.3, 0.4) is 0 Å². The normalized spacial score (nSPS) is 13.8. The van der Waals surface area contributed by atoms with E-state index in [1.54, 1.807) is 11.3 Å². The smallest absolute Gasteiger partial charge is 0.269 e. The predicted molar refractivity (Wildman–Crippen MR) is 84.8 cm³/mol. The SMILES string of the molecule is Cc1ccsc1CN[C@H](CO)[C@H](O)c1ccc([N+](=O)[O-])cc1. The van der Waals surface area contributed by atoms with Crippen molar-refractivity contribution in [1.29, 1.82) is 0 Å². The van der Waals surface area contributed by atoms with Crippen molar-refractivity contribution in [3.8, 4) is 0 Å². The van der Waals surface area contributed by atoms with Crippen molar-refractivity contribution in [3.63, 3.8) is 0 Å². The molecule has 0 aliphatic rings. The summed E-state index contributed by atoms with van der Waals surface area (Å²) < 4.78 is 0. The number of nitrogens with zero attached hydrogens (tertiary/aromatic N) is 1. The van der Waals surface area contributed by atoms with Crippen LogP contribution in [-0.4, -0.2) is 27.8 Å². The number of hydrogen-bond acceptors (Lipinski definition) is 6. The van der Waals surface area contributed by atoms with Gasteiger partial charge in [-0.2, -0.15) is 0 Å². The minimum absolute atomic E-state index is 0.0290. The Labute approximate surface area is 132 Å². The highest BCUT2D eigenvalue weighted by atomic mass is 32.1. The Kier molecular flexibility index (Phi) is 5.62. The van der Waals surface area contributed by atoms with Crippen molar-refractivity contribution in [2.45, 2.75) is 25.6 Å². The molecule has 0 aliphatic heterocycles. The lowest BCUT2D eigenvalue weighted by Gasteiger charge is -2.22. The number of aliphatic hydroxyl groups excluding tert-OH is 2. The molecule has 0 bridgehead atoms. The first kappa shape index (κ1) is 16.6. The van der Waals surface area contributed by atoms with Crippen LogP contribution in [0.5, 0.6) is 0 Å². The van der Waals surface area contributed by atoms with Crippen LogP contribution in [0.1, 0.15) is 22.1 Å². The number of rotatable bonds is 7. The topological polar surface area (TPSA) is 95.6 Å². The molecule has 1 aromatic carbocycles. The number of nitro groups is 1. The average Bonchev–Trinajstić information content (AvgIpc) is 2.93. The third-order valence-electron chi connectivity index (χ3n) is 3.52. The molecule has 7 heteroatoms. The highest BCUT2D eigenvalue weighted by Crippen LogP contribution is 2.21. The van der Waals surface area contributed by atoms with Gasteiger partial charge in [0, 0.05) is 23.6 Å². The number of benzene rings is 1. The summed E-state index contributed by atoms with van der Waals surface area (Å²) in [7, 11) is 0. The molecule has 0 saturated heterocycles. The molecular formula is C15H18N2O4S. The lowest BCUT2D eigenvalue weighted by molar-refractivity contribution is -0.384. The number of aryl methyl sites for hydroxylation is 1. The van der Waals surface area contributed by atoms with E-state index in [2.05, 4.69) is 5.32 Å². The van der Waals surface area contributed by atoms with Crippen LogP contribution in [0.2, 0.25) is 0 Å². The number of hydrogen-bond donors (Lipinski definition) is 3. The standard InChI is InChI=1S/C15H18N2O4S/c1-10-6-7-22-14(10)8-16-13(9-18)15(19)11-2-4-12(5-3-11)17(20)21/h2-7,13,15-16,18-19H,8-9H2,1H3/t13-,15-/m1/s1. The van der Waals surface area contributed by atoms with Gasteiger partial charge < -0.3 is 15.5 Å². The maximum absolute atomic E-state index is 10.6. The van der Waals surface area contributed by atoms with Gasteiger partial charge in [0.15, 0.2) is 0 Å². The van der Waals surface area contributed by atoms with Crippen molar-refractivity contribution in [2.24, 2.45) is 0 Å². The zero-order valence-corrected chi connectivity index (χ0v) is 12.9. The molecule has 0 radical (unpaired) electrons. The molecule has 0 aliphatic carbocycles. The van der Waals surface area contributed by atoms with Gasteiger partial charge in [0.2, 0.25) is 0 Å². The molecule has 2 rings (SSSR count). The second kappa shape index (κ2) is 7.46. The van der Waals surface area contributed by atoms with Crippen LogP contribution in [0.15, 0.2) is 35.7 Å². The van der Waals surface area contributed by atoms with E-state index in [0.29, 0.717) is 12.1 Å². The Balaban J connectivity index is 2.03. The zero-order chi connectivity index (χ0) is 16.1. The Morgan fingerprint density at radius 1 is 1.32 bits per heavy atom. The molecular weight excluding hydrogens is 304 g/mol. The van der Waals surface area contributed by atoms with Crippen molar-refractivity contribution in [3.05, 3.63) is 61.8 Å². The van der Waals surface area contributed by atoms with E-state index in [1.807, 2.05) is 18.4 Å². The molecule has 6 nitrogen and oxygen atoms in total. The fraction of sp³-hybridized carbons (Fsp3) is 0.333. The summed E-state index contributed by atoms with van der Waals surface area (Å²) in [4.78, 5) is 11.3. The first-order valence-corrected chi connectivity index (χ1v) is 7.70. The third-order valence-corrected chi connectivity index (χ3v) is 4.54. The molecule has 0 amide bonds. The van der Waals surface area contributed by atoms with E-state index < -0.39 is 17.1 Å². The van der Waals surface area contributed by atoms with Crippen LogP contribution >= 0.6 is 11.3 Å². The fourth-order valence-corrected chi connectivity index (χ4v) is 2.97. The molecule has 22 heavy (non-hydrogen) atoms. The van der Waals surface area contributed by atoms with Crippen molar-refractivity contribution < 1.29 is 15.1 Å². The van der Waals surface area contributed by atoms with Gasteiger partial charge in [0.1, 0.15) is 0 Å². The van der Waals surface area contributed by atoms with Gasteiger partial charge in [-0.15, -0.1) is 11.3 Å². The number of non-ortho nitro benzene ring substituents is 1. The summed E-state index contributed by atoms with van der Waals surface area (Å²) in [6.45, 7) is 2.33. The van der Waals surface area contributed by atoms with Crippen molar-refractivity contribution >= 4 is 17.0 Å². The van der Waals surface area contributed by atoms with E-state index in [4.69, 9.17) is 0 Å². The predicted octanol–water partition coefficient (Wildman–Crippen LogP) is 2.15. The van der Waals surface area contributed by atoms with Gasteiger partial charge in [-0.05, 0) is 41.6 Å². The maximum Gasteiger partial charge on any atom is 0.269 e. The summed E-state index contributed by atoms with van der Waals surface area (Å²) >= 11 is 1.61. The van der Waals surface area contributed by atoms with Gasteiger partial charge in [0.05, 0.1) is 23.7 Å². The average molecular weight is 322 g/mol. The molecule has 1 aromatic heterocycles. The summed E-state index contributed by atoms with van der Waals surface area (Å²) in [5.41, 5.74) is 1.66. The molecule has 0 spiro atoms. The second-order valence-corrected chi connectivity index (χ2v) is 5.99. The molecule has 0 fully saturated rings. The van der Waals surface area contributed by atoms with E-state index >= 15 is 0 Å². The molecule has 0 saturated carbocycles. The number of nitro benzene ring substituents is 1. The van der Waals surface area contributed by atoms with Crippen LogP contribution in [0.25, 0.3) is 0 Å². The molecule has 2 aromatic rings. The van der Waals surface area contributed by atoms with Crippen molar-refractivity contribution in [2.75, 3.05) is 6.61 Å². The first-order valence-electron chi connectivity index (χ1n) is 6.82. The number of thiophene rings is 1. The molecule has 3 N–H and O–H groups in total. The van der Waals surface area contributed by atoms with E-state index in [1.165, 1.54) is 29.8 Å². The largest absolute Gasteiger partial charge is 0.395 e. The van der Waals surface area contributed by atoms with E-state index in [-0.39, 0.29) is 12.3 Å². The van der Waals surface area contributed by atoms with Gasteiger partial charge >= 0.3 is 0 Å². The van der Waals surface area contributed by atoms with Gasteiger partial charge in [-0.25, -0.2) is 0 Å². The Bertz CT molecular complexity index is 627. The number of nitrogens with one attached hydrogen (secondary N) is 1. The second-order valence-electron chi connectivity index (χ2n) is 4.99.